The largest absolute Gasteiger partial charge is 0.350 e. The van der Waals surface area contributed by atoms with Gasteiger partial charge in [0.1, 0.15) is 5.82 Å². The molecule has 1 saturated carbocycles. The molecule has 1 aromatic carbocycles. The lowest BCUT2D eigenvalue weighted by molar-refractivity contribution is 0.0935. The topological polar surface area (TPSA) is 32.3 Å². The number of aryl methyl sites for hydroxylation is 1. The van der Waals surface area contributed by atoms with Gasteiger partial charge in [-0.05, 0) is 45.4 Å². The zero-order valence-corrected chi connectivity index (χ0v) is 11.7. The van der Waals surface area contributed by atoms with E-state index in [2.05, 4.69) is 24.2 Å². The highest BCUT2D eigenvalue weighted by atomic mass is 19.1. The molecule has 0 bridgehead atoms. The Morgan fingerprint density at radius 1 is 1.53 bits per heavy atom. The summed E-state index contributed by atoms with van der Waals surface area (Å²) in [6, 6.07) is 5.81. The van der Waals surface area contributed by atoms with Crippen LogP contribution in [0, 0.1) is 12.7 Å². The van der Waals surface area contributed by atoms with Crippen LogP contribution in [0.3, 0.4) is 0 Å². The fourth-order valence-electron chi connectivity index (χ4n) is 2.14. The lowest BCUT2D eigenvalue weighted by Crippen LogP contribution is -2.41. The molecule has 19 heavy (non-hydrogen) atoms. The smallest absolute Gasteiger partial charge is 0.254 e. The Morgan fingerprint density at radius 3 is 2.84 bits per heavy atom. The van der Waals surface area contributed by atoms with Crippen LogP contribution in [-0.2, 0) is 0 Å². The summed E-state index contributed by atoms with van der Waals surface area (Å²) in [6.45, 7) is 4.28. The van der Waals surface area contributed by atoms with Crippen LogP contribution in [0.25, 0.3) is 0 Å². The summed E-state index contributed by atoms with van der Waals surface area (Å²) in [5, 5.41) is 2.81. The van der Waals surface area contributed by atoms with E-state index in [1.807, 2.05) is 0 Å². The number of halogens is 1. The molecule has 1 fully saturated rings. The second kappa shape index (κ2) is 5.70. The van der Waals surface area contributed by atoms with Crippen molar-refractivity contribution in [2.75, 3.05) is 13.6 Å². The van der Waals surface area contributed by atoms with Crippen LogP contribution in [0.1, 0.15) is 35.7 Å². The fraction of sp³-hybridized carbons (Fsp3) is 0.533. The van der Waals surface area contributed by atoms with E-state index in [9.17, 15) is 9.18 Å². The first kappa shape index (κ1) is 14.0. The number of nitrogens with one attached hydrogen (secondary N) is 1. The number of benzene rings is 1. The molecule has 1 unspecified atom stereocenters. The number of nitrogens with zero attached hydrogens (tertiary/aromatic N) is 1. The molecule has 1 atom stereocenters. The molecule has 3 nitrogen and oxygen atoms in total. The van der Waals surface area contributed by atoms with Crippen LogP contribution >= 0.6 is 0 Å². The Labute approximate surface area is 113 Å². The predicted octanol–water partition coefficient (Wildman–Crippen LogP) is 2.35. The van der Waals surface area contributed by atoms with Gasteiger partial charge in [-0.1, -0.05) is 12.1 Å². The van der Waals surface area contributed by atoms with Crippen molar-refractivity contribution in [2.45, 2.75) is 38.8 Å². The highest BCUT2D eigenvalue weighted by Gasteiger charge is 2.29. The van der Waals surface area contributed by atoms with Gasteiger partial charge in [0.05, 0.1) is 5.56 Å². The Hall–Kier alpha value is -1.42. The molecule has 0 aromatic heterocycles. The fourth-order valence-corrected chi connectivity index (χ4v) is 2.14. The number of rotatable bonds is 5. The maximum atomic E-state index is 13.8. The van der Waals surface area contributed by atoms with E-state index in [1.165, 1.54) is 18.9 Å². The summed E-state index contributed by atoms with van der Waals surface area (Å²) < 4.78 is 13.8. The van der Waals surface area contributed by atoms with Crippen molar-refractivity contribution in [1.82, 2.24) is 10.2 Å². The van der Waals surface area contributed by atoms with Crippen molar-refractivity contribution in [3.63, 3.8) is 0 Å². The number of amides is 1. The third-order valence-corrected chi connectivity index (χ3v) is 3.81. The van der Waals surface area contributed by atoms with Gasteiger partial charge in [0.2, 0.25) is 0 Å². The highest BCUT2D eigenvalue weighted by molar-refractivity contribution is 5.94. The summed E-state index contributed by atoms with van der Waals surface area (Å²) in [7, 11) is 2.07. The zero-order chi connectivity index (χ0) is 14.0. The van der Waals surface area contributed by atoms with E-state index in [0.29, 0.717) is 18.2 Å². The maximum absolute atomic E-state index is 13.8. The van der Waals surface area contributed by atoms with Crippen molar-refractivity contribution in [3.8, 4) is 0 Å². The molecular weight excluding hydrogens is 243 g/mol. The van der Waals surface area contributed by atoms with Crippen LogP contribution in [0.4, 0.5) is 4.39 Å². The van der Waals surface area contributed by atoms with Crippen LogP contribution < -0.4 is 5.32 Å². The van der Waals surface area contributed by atoms with Crippen molar-refractivity contribution in [2.24, 2.45) is 0 Å². The molecule has 0 radical (unpaired) electrons. The molecule has 0 heterocycles. The van der Waals surface area contributed by atoms with E-state index < -0.39 is 5.82 Å². The average molecular weight is 264 g/mol. The first-order valence-electron chi connectivity index (χ1n) is 6.76. The predicted molar refractivity (Wildman–Crippen MR) is 73.7 cm³/mol. The van der Waals surface area contributed by atoms with E-state index in [1.54, 1.807) is 19.1 Å². The first-order chi connectivity index (χ1) is 9.00. The monoisotopic (exact) mass is 264 g/mol. The Bertz CT molecular complexity index is 471. The molecule has 1 amide bonds. The molecule has 1 aromatic rings. The van der Waals surface area contributed by atoms with Crippen molar-refractivity contribution >= 4 is 5.91 Å². The first-order valence-corrected chi connectivity index (χ1v) is 6.76. The van der Waals surface area contributed by atoms with Gasteiger partial charge < -0.3 is 5.32 Å². The molecule has 2 rings (SSSR count). The molecule has 4 heteroatoms. The summed E-state index contributed by atoms with van der Waals surface area (Å²) in [4.78, 5) is 14.2. The number of likely N-dealkylation sites (N-methyl/N-ethyl adjacent to an activating group) is 1. The number of hydrogen-bond acceptors (Lipinski definition) is 2. The minimum absolute atomic E-state index is 0.126. The van der Waals surface area contributed by atoms with Gasteiger partial charge in [-0.25, -0.2) is 4.39 Å². The Kier molecular flexibility index (Phi) is 4.20. The summed E-state index contributed by atoms with van der Waals surface area (Å²) in [5.74, 6) is -0.763. The van der Waals surface area contributed by atoms with Crippen LogP contribution in [0.5, 0.6) is 0 Å². The molecule has 0 saturated heterocycles. The van der Waals surface area contributed by atoms with E-state index in [4.69, 9.17) is 0 Å². The van der Waals surface area contributed by atoms with E-state index in [-0.39, 0.29) is 17.5 Å². The van der Waals surface area contributed by atoms with Crippen LogP contribution in [0.2, 0.25) is 0 Å². The van der Waals surface area contributed by atoms with Crippen molar-refractivity contribution in [1.29, 1.82) is 0 Å². The molecular formula is C15H21FN2O. The van der Waals surface area contributed by atoms with E-state index >= 15 is 0 Å². The minimum Gasteiger partial charge on any atom is -0.350 e. The molecule has 1 aliphatic rings. The second-order valence-corrected chi connectivity index (χ2v) is 5.39. The third-order valence-electron chi connectivity index (χ3n) is 3.81. The highest BCUT2D eigenvalue weighted by Crippen LogP contribution is 2.26. The maximum Gasteiger partial charge on any atom is 0.254 e. The summed E-state index contributed by atoms with van der Waals surface area (Å²) >= 11 is 0. The summed E-state index contributed by atoms with van der Waals surface area (Å²) in [6.07, 6.45) is 2.47. The average Bonchev–Trinajstić information content (AvgIpc) is 3.22. The lowest BCUT2D eigenvalue weighted by atomic mass is 10.1. The number of hydrogen-bond donors (Lipinski definition) is 1. The molecule has 0 spiro atoms. The number of carbonyl (C=O) groups is 1. The molecule has 1 aliphatic carbocycles. The second-order valence-electron chi connectivity index (χ2n) is 5.39. The quantitative estimate of drug-likeness (QED) is 0.885. The Balaban J connectivity index is 1.92. The van der Waals surface area contributed by atoms with Crippen LogP contribution in [-0.4, -0.2) is 36.5 Å². The molecule has 104 valence electrons. The van der Waals surface area contributed by atoms with Crippen molar-refractivity contribution in [3.05, 3.63) is 35.1 Å². The van der Waals surface area contributed by atoms with E-state index in [0.717, 1.165) is 0 Å². The Morgan fingerprint density at radius 2 is 2.21 bits per heavy atom. The third kappa shape index (κ3) is 3.32. The summed E-state index contributed by atoms with van der Waals surface area (Å²) in [5.41, 5.74) is 0.622. The standard InChI is InChI=1S/C15H21FN2O/c1-10-5-4-6-13(14(10)16)15(19)17-9-11(2)18(3)12-7-8-12/h4-6,11-12H,7-9H2,1-3H3,(H,17,19). The van der Waals surface area contributed by atoms with Gasteiger partial charge in [-0.2, -0.15) is 0 Å². The van der Waals surface area contributed by atoms with Gasteiger partial charge in [-0.15, -0.1) is 0 Å². The van der Waals surface area contributed by atoms with Gasteiger partial charge >= 0.3 is 0 Å². The van der Waals surface area contributed by atoms with Crippen LogP contribution in [0.15, 0.2) is 18.2 Å². The molecule has 0 aliphatic heterocycles. The SMILES string of the molecule is Cc1cccc(C(=O)NCC(C)N(C)C2CC2)c1F. The van der Waals surface area contributed by atoms with Crippen molar-refractivity contribution < 1.29 is 9.18 Å². The number of carbonyl (C=O) groups excluding carboxylic acids is 1. The lowest BCUT2D eigenvalue weighted by Gasteiger charge is -2.24. The van der Waals surface area contributed by atoms with Gasteiger partial charge in [-0.3, -0.25) is 9.69 Å². The van der Waals surface area contributed by atoms with Gasteiger partial charge in [0, 0.05) is 18.6 Å². The zero-order valence-electron chi connectivity index (χ0n) is 11.7. The molecule has 1 N–H and O–H groups in total. The minimum atomic E-state index is -0.428. The normalized spacial score (nSPS) is 16.5. The van der Waals surface area contributed by atoms with Gasteiger partial charge in [0.25, 0.3) is 5.91 Å². The van der Waals surface area contributed by atoms with Gasteiger partial charge in [0.15, 0.2) is 0 Å².